The maximum atomic E-state index is 14.5. The van der Waals surface area contributed by atoms with Crippen LogP contribution < -0.4 is 21.5 Å². The monoisotopic (exact) mass is 666 g/mol. The van der Waals surface area contributed by atoms with E-state index in [4.69, 9.17) is 27.8 Å². The average molecular weight is 668 g/mol. The van der Waals surface area contributed by atoms with Gasteiger partial charge in [0.05, 0.1) is 12.6 Å². The van der Waals surface area contributed by atoms with Gasteiger partial charge in [0.1, 0.15) is 11.6 Å². The fraction of sp³-hybridized carbons (Fsp3) is 0.581. The van der Waals surface area contributed by atoms with E-state index in [1.54, 1.807) is 12.1 Å². The molecule has 2 aromatic carbocycles. The molecule has 8 nitrogen and oxygen atoms in total. The molecule has 2 atom stereocenters. The minimum Gasteiger partial charge on any atom is -0.493 e. The highest BCUT2D eigenvalue weighted by Gasteiger charge is 2.33. The molecule has 232 valence electrons. The van der Waals surface area contributed by atoms with Crippen LogP contribution in [0.5, 0.6) is 5.75 Å². The fourth-order valence-electron chi connectivity index (χ4n) is 5.80. The zero-order valence-electron chi connectivity index (χ0n) is 24.5. The molecular formula is C31H45BrClFN6O2. The lowest BCUT2D eigenvalue weighted by molar-refractivity contribution is -0.136. The summed E-state index contributed by atoms with van der Waals surface area (Å²) in [7, 11) is 0. The number of anilines is 1. The summed E-state index contributed by atoms with van der Waals surface area (Å²) in [5, 5.41) is 4.92. The third-order valence-electron chi connectivity index (χ3n) is 8.38. The molecule has 0 aliphatic carbocycles. The molecule has 0 aromatic heterocycles. The summed E-state index contributed by atoms with van der Waals surface area (Å²) in [5.41, 5.74) is 15.4. The Morgan fingerprint density at radius 1 is 1.12 bits per heavy atom. The number of likely N-dealkylation sites (tertiary alicyclic amines) is 1. The molecule has 42 heavy (non-hydrogen) atoms. The number of amides is 1. The lowest BCUT2D eigenvalue weighted by Gasteiger charge is -2.39. The SMILES string of the molecule is CCOc1cccc(F)c1CN1CCN(C(=O)[C@H](N)C2CCN(CCc3cc(Cl)ccc3NCC(N)CBr)CC2)CC1. The first-order chi connectivity index (χ1) is 20.3. The maximum Gasteiger partial charge on any atom is 0.239 e. The van der Waals surface area contributed by atoms with E-state index >= 15 is 0 Å². The first kappa shape index (κ1) is 33.0. The third-order valence-corrected chi connectivity index (χ3v) is 9.45. The van der Waals surface area contributed by atoms with Crippen molar-refractivity contribution in [1.82, 2.24) is 14.7 Å². The number of piperidine rings is 1. The standard InChI is InChI=1S/C31H45BrClFN6O2/c1-2-42-29-5-3-4-27(34)26(29)21-39-14-16-40(17-15-39)31(41)30(36)22-8-11-38(12-9-22)13-10-23-18-24(33)6-7-28(23)37-20-25(35)19-32/h3-7,18,22,25,30,37H,2,8-17,19-21,35-36H2,1H3/t25?,30-/m1/s1. The molecule has 2 saturated heterocycles. The second-order valence-electron chi connectivity index (χ2n) is 11.3. The lowest BCUT2D eigenvalue weighted by Crippen LogP contribution is -2.55. The van der Waals surface area contributed by atoms with E-state index in [1.807, 2.05) is 30.0 Å². The molecule has 0 saturated carbocycles. The van der Waals surface area contributed by atoms with E-state index in [1.165, 1.54) is 11.6 Å². The Labute approximate surface area is 263 Å². The van der Waals surface area contributed by atoms with Crippen LogP contribution >= 0.6 is 27.5 Å². The molecule has 2 aromatic rings. The van der Waals surface area contributed by atoms with Gasteiger partial charge in [-0.1, -0.05) is 33.6 Å². The van der Waals surface area contributed by atoms with Crippen molar-refractivity contribution in [2.45, 2.75) is 44.8 Å². The van der Waals surface area contributed by atoms with Crippen molar-refractivity contribution in [3.05, 3.63) is 58.4 Å². The first-order valence-corrected chi connectivity index (χ1v) is 16.5. The fourth-order valence-corrected chi connectivity index (χ4v) is 6.22. The van der Waals surface area contributed by atoms with E-state index in [2.05, 4.69) is 31.0 Å². The first-order valence-electron chi connectivity index (χ1n) is 15.0. The van der Waals surface area contributed by atoms with E-state index in [0.717, 1.165) is 54.9 Å². The molecule has 2 aliphatic rings. The van der Waals surface area contributed by atoms with E-state index in [-0.39, 0.29) is 23.7 Å². The number of nitrogens with zero attached hydrogens (tertiary/aromatic N) is 3. The molecule has 2 aliphatic heterocycles. The Kier molecular flexibility index (Phi) is 12.7. The Hall–Kier alpha value is -1.95. The van der Waals surface area contributed by atoms with Gasteiger partial charge in [-0.3, -0.25) is 9.69 Å². The van der Waals surface area contributed by atoms with E-state index in [0.29, 0.717) is 57.2 Å². The predicted molar refractivity (Wildman–Crippen MR) is 172 cm³/mol. The van der Waals surface area contributed by atoms with Gasteiger partial charge < -0.3 is 31.3 Å². The number of hydrogen-bond donors (Lipinski definition) is 3. The third kappa shape index (κ3) is 9.03. The van der Waals surface area contributed by atoms with Crippen molar-refractivity contribution in [1.29, 1.82) is 0 Å². The molecule has 4 rings (SSSR count). The van der Waals surface area contributed by atoms with Gasteiger partial charge >= 0.3 is 0 Å². The van der Waals surface area contributed by atoms with Crippen LogP contribution in [0.2, 0.25) is 5.02 Å². The van der Waals surface area contributed by atoms with Gasteiger partial charge in [-0.25, -0.2) is 4.39 Å². The second-order valence-corrected chi connectivity index (χ2v) is 12.4. The van der Waals surface area contributed by atoms with E-state index in [9.17, 15) is 9.18 Å². The van der Waals surface area contributed by atoms with Gasteiger partial charge in [-0.15, -0.1) is 0 Å². The van der Waals surface area contributed by atoms with E-state index < -0.39 is 6.04 Å². The van der Waals surface area contributed by atoms with Crippen LogP contribution in [0.25, 0.3) is 0 Å². The molecule has 1 unspecified atom stereocenters. The van der Waals surface area contributed by atoms with Crippen LogP contribution in [0.3, 0.4) is 0 Å². The van der Waals surface area contributed by atoms with Gasteiger partial charge in [-0.05, 0) is 81.1 Å². The normalized spacial score (nSPS) is 18.6. The number of nitrogens with two attached hydrogens (primary N) is 2. The summed E-state index contributed by atoms with van der Waals surface area (Å²) >= 11 is 9.73. The van der Waals surface area contributed by atoms with Gasteiger partial charge in [0.2, 0.25) is 5.91 Å². The summed E-state index contributed by atoms with van der Waals surface area (Å²) in [6.45, 7) is 8.85. The number of carbonyl (C=O) groups is 1. The summed E-state index contributed by atoms with van der Waals surface area (Å²) in [6, 6.07) is 10.4. The highest BCUT2D eigenvalue weighted by Crippen LogP contribution is 2.26. The minimum absolute atomic E-state index is 0.0327. The van der Waals surface area contributed by atoms with Crippen LogP contribution in [0.15, 0.2) is 36.4 Å². The summed E-state index contributed by atoms with van der Waals surface area (Å²) in [4.78, 5) is 19.8. The molecule has 0 radical (unpaired) electrons. The van der Waals surface area contributed by atoms with Gasteiger partial charge in [-0.2, -0.15) is 0 Å². The molecule has 5 N–H and O–H groups in total. The number of piperazine rings is 1. The summed E-state index contributed by atoms with van der Waals surface area (Å²) < 4.78 is 20.1. The zero-order chi connectivity index (χ0) is 30.1. The number of benzene rings is 2. The molecule has 1 amide bonds. The number of halogens is 3. The number of hydrogen-bond acceptors (Lipinski definition) is 7. The van der Waals surface area contributed by atoms with Crippen LogP contribution in [-0.2, 0) is 17.8 Å². The lowest BCUT2D eigenvalue weighted by atomic mass is 9.88. The second kappa shape index (κ2) is 16.2. The number of carbonyl (C=O) groups excluding carboxylic acids is 1. The molecule has 11 heteroatoms. The van der Waals surface area contributed by atoms with Crippen molar-refractivity contribution in [2.24, 2.45) is 17.4 Å². The molecule has 2 heterocycles. The number of ether oxygens (including phenoxy) is 1. The number of alkyl halides is 1. The number of rotatable bonds is 13. The highest BCUT2D eigenvalue weighted by atomic mass is 79.9. The summed E-state index contributed by atoms with van der Waals surface area (Å²) in [5.74, 6) is 0.537. The number of nitrogens with one attached hydrogen (secondary N) is 1. The van der Waals surface area contributed by atoms with Crippen molar-refractivity contribution >= 4 is 39.1 Å². The van der Waals surface area contributed by atoms with Crippen LogP contribution in [0.4, 0.5) is 10.1 Å². The Bertz CT molecular complexity index is 1160. The molecular weight excluding hydrogens is 623 g/mol. The van der Waals surface area contributed by atoms with Crippen molar-refractivity contribution in [3.63, 3.8) is 0 Å². The largest absolute Gasteiger partial charge is 0.493 e. The van der Waals surface area contributed by atoms with Gasteiger partial charge in [0, 0.05) is 73.5 Å². The van der Waals surface area contributed by atoms with Crippen molar-refractivity contribution in [2.75, 3.05) is 69.6 Å². The topological polar surface area (TPSA) is 100 Å². The van der Waals surface area contributed by atoms with Crippen molar-refractivity contribution in [3.8, 4) is 5.75 Å². The summed E-state index contributed by atoms with van der Waals surface area (Å²) in [6.07, 6.45) is 2.69. The quantitative estimate of drug-likeness (QED) is 0.279. The average Bonchev–Trinajstić information content (AvgIpc) is 3.01. The molecule has 0 spiro atoms. The smallest absolute Gasteiger partial charge is 0.239 e. The Morgan fingerprint density at radius 3 is 2.55 bits per heavy atom. The Balaban J connectivity index is 1.21. The van der Waals surface area contributed by atoms with Crippen LogP contribution in [0, 0.1) is 11.7 Å². The molecule has 0 bridgehead atoms. The molecule has 2 fully saturated rings. The Morgan fingerprint density at radius 2 is 1.86 bits per heavy atom. The van der Waals surface area contributed by atoms with Gasteiger partial charge in [0.15, 0.2) is 0 Å². The minimum atomic E-state index is -0.489. The van der Waals surface area contributed by atoms with Gasteiger partial charge in [0.25, 0.3) is 0 Å². The maximum absolute atomic E-state index is 14.5. The van der Waals surface area contributed by atoms with Crippen LogP contribution in [-0.4, -0.2) is 97.0 Å². The highest BCUT2D eigenvalue weighted by molar-refractivity contribution is 9.09. The zero-order valence-corrected chi connectivity index (χ0v) is 26.9. The van der Waals surface area contributed by atoms with Crippen molar-refractivity contribution < 1.29 is 13.9 Å². The van der Waals surface area contributed by atoms with Crippen LogP contribution in [0.1, 0.15) is 30.9 Å². The predicted octanol–water partition coefficient (Wildman–Crippen LogP) is 3.94.